The molecule has 39 heavy (non-hydrogen) atoms. The third-order valence-electron chi connectivity index (χ3n) is 6.28. The Morgan fingerprint density at radius 2 is 1.74 bits per heavy atom. The lowest BCUT2D eigenvalue weighted by molar-refractivity contribution is -0.247. The molecule has 0 unspecified atom stereocenters. The number of ether oxygens (including phenoxy) is 5. The van der Waals surface area contributed by atoms with Crippen molar-refractivity contribution in [2.24, 2.45) is 17.8 Å². The second-order valence-corrected chi connectivity index (χ2v) is 10.9. The summed E-state index contributed by atoms with van der Waals surface area (Å²) in [5.41, 5.74) is 0.190. The van der Waals surface area contributed by atoms with E-state index in [9.17, 15) is 24.3 Å². The lowest BCUT2D eigenvalue weighted by Gasteiger charge is -2.43. The molecule has 2 rings (SSSR count). The fraction of sp³-hybridized carbons (Fsp3) is 0.643. The third kappa shape index (κ3) is 9.81. The first kappa shape index (κ1) is 32.0. The quantitative estimate of drug-likeness (QED) is 0.328. The molecule has 11 nitrogen and oxygen atoms in total. The van der Waals surface area contributed by atoms with Crippen LogP contribution in [-0.4, -0.2) is 59.6 Å². The first-order valence-corrected chi connectivity index (χ1v) is 13.0. The molecule has 1 amide bonds. The van der Waals surface area contributed by atoms with Crippen LogP contribution < -0.4 is 10.1 Å². The zero-order chi connectivity index (χ0) is 29.5. The van der Waals surface area contributed by atoms with Gasteiger partial charge in [0.2, 0.25) is 12.2 Å². The third-order valence-corrected chi connectivity index (χ3v) is 6.28. The number of aliphatic hydroxyl groups is 1. The van der Waals surface area contributed by atoms with E-state index in [-0.39, 0.29) is 37.2 Å². The number of esters is 3. The first-order chi connectivity index (χ1) is 18.1. The Balaban J connectivity index is 2.25. The zero-order valence-electron chi connectivity index (χ0n) is 23.9. The van der Waals surface area contributed by atoms with E-state index in [0.29, 0.717) is 11.3 Å². The molecule has 0 radical (unpaired) electrons. The topological polar surface area (TPSA) is 147 Å². The molecule has 1 fully saturated rings. The largest absolute Gasteiger partial charge is 0.463 e. The van der Waals surface area contributed by atoms with Crippen molar-refractivity contribution >= 4 is 29.5 Å². The minimum absolute atomic E-state index is 0.107. The molecule has 0 saturated carbocycles. The van der Waals surface area contributed by atoms with Gasteiger partial charge in [-0.25, -0.2) is 0 Å². The van der Waals surface area contributed by atoms with Gasteiger partial charge in [0.05, 0.1) is 18.7 Å². The van der Waals surface area contributed by atoms with Crippen LogP contribution in [0.1, 0.15) is 67.4 Å². The highest BCUT2D eigenvalue weighted by molar-refractivity contribution is 5.95. The molecular weight excluding hydrogens is 510 g/mol. The maximum atomic E-state index is 12.9. The van der Waals surface area contributed by atoms with Crippen LogP contribution in [0.3, 0.4) is 0 Å². The summed E-state index contributed by atoms with van der Waals surface area (Å²) >= 11 is 0. The van der Waals surface area contributed by atoms with Gasteiger partial charge < -0.3 is 34.1 Å². The Kier molecular flexibility index (Phi) is 11.3. The van der Waals surface area contributed by atoms with E-state index in [0.717, 1.165) is 0 Å². The molecule has 6 atom stereocenters. The predicted octanol–water partition coefficient (Wildman–Crippen LogP) is 3.36. The van der Waals surface area contributed by atoms with Gasteiger partial charge in [-0.1, -0.05) is 26.8 Å². The van der Waals surface area contributed by atoms with Crippen molar-refractivity contribution < 1.29 is 48.0 Å². The van der Waals surface area contributed by atoms with E-state index in [1.54, 1.807) is 45.9 Å². The van der Waals surface area contributed by atoms with E-state index in [1.165, 1.54) is 13.8 Å². The lowest BCUT2D eigenvalue weighted by Crippen LogP contribution is -2.54. The van der Waals surface area contributed by atoms with Crippen molar-refractivity contribution in [3.05, 3.63) is 23.8 Å². The molecule has 0 aromatic heterocycles. The molecule has 1 heterocycles. The molecule has 0 aliphatic carbocycles. The van der Waals surface area contributed by atoms with Crippen LogP contribution in [0, 0.1) is 17.8 Å². The summed E-state index contributed by atoms with van der Waals surface area (Å²) in [5.74, 6) is -2.88. The van der Waals surface area contributed by atoms with E-state index < -0.39 is 53.8 Å². The second-order valence-electron chi connectivity index (χ2n) is 10.9. The number of carbonyl (C=O) groups excluding carboxylic acids is 4. The minimum Gasteiger partial charge on any atom is -0.463 e. The number of hydrogen-bond acceptors (Lipinski definition) is 10. The number of hydrogen-bond donors (Lipinski definition) is 2. The molecular formula is C28H41NO10. The van der Waals surface area contributed by atoms with Crippen LogP contribution in [-0.2, 0) is 44.7 Å². The summed E-state index contributed by atoms with van der Waals surface area (Å²) < 4.78 is 28.2. The smallest absolute Gasteiger partial charge is 0.307 e. The highest BCUT2D eigenvalue weighted by Gasteiger charge is 2.45. The number of carbonyl (C=O) groups is 4. The van der Waals surface area contributed by atoms with Gasteiger partial charge in [-0.2, -0.15) is 0 Å². The average molecular weight is 552 g/mol. The Bertz CT molecular complexity index is 1030. The van der Waals surface area contributed by atoms with Crippen LogP contribution in [0.5, 0.6) is 5.75 Å². The van der Waals surface area contributed by atoms with Gasteiger partial charge in [-0.3, -0.25) is 19.2 Å². The van der Waals surface area contributed by atoms with Crippen molar-refractivity contribution in [1.29, 1.82) is 0 Å². The first-order valence-electron chi connectivity index (χ1n) is 13.0. The van der Waals surface area contributed by atoms with E-state index in [4.69, 9.17) is 23.7 Å². The van der Waals surface area contributed by atoms with Crippen LogP contribution in [0.25, 0.3) is 0 Å². The van der Waals surface area contributed by atoms with Crippen LogP contribution in [0.4, 0.5) is 5.69 Å². The number of aliphatic hydroxyl groups excluding tert-OH is 1. The van der Waals surface area contributed by atoms with Gasteiger partial charge in [-0.05, 0) is 38.5 Å². The maximum Gasteiger partial charge on any atom is 0.307 e. The molecule has 1 saturated heterocycles. The summed E-state index contributed by atoms with van der Waals surface area (Å²) in [6, 6.07) is 4.80. The average Bonchev–Trinajstić information content (AvgIpc) is 2.82. The van der Waals surface area contributed by atoms with Crippen molar-refractivity contribution in [2.75, 3.05) is 11.9 Å². The summed E-state index contributed by atoms with van der Waals surface area (Å²) in [6.07, 6.45) is -2.43. The molecule has 0 bridgehead atoms. The molecule has 1 aromatic rings. The van der Waals surface area contributed by atoms with Gasteiger partial charge in [0.25, 0.3) is 0 Å². The standard InChI is InChI=1S/C28H41NO10/c1-15(11-24(33)39-28(6,7)8)26(34)29-21-10-9-20(13-30)12-22(21)37-27-17(3)16(2)25(36-19(5)32)23(38-27)14-35-18(4)31/h9-10,12,15-17,23,25,27,30H,11,13-14H2,1-8H3,(H,29,34)/t15-,16-,17-,23-,25+,27-/m1/s1. The zero-order valence-corrected chi connectivity index (χ0v) is 23.9. The van der Waals surface area contributed by atoms with Crippen molar-refractivity contribution in [1.82, 2.24) is 0 Å². The highest BCUT2D eigenvalue weighted by atomic mass is 16.7. The number of rotatable bonds is 10. The normalized spacial score (nSPS) is 23.8. The van der Waals surface area contributed by atoms with Crippen LogP contribution >= 0.6 is 0 Å². The fourth-order valence-corrected chi connectivity index (χ4v) is 4.08. The Morgan fingerprint density at radius 3 is 2.31 bits per heavy atom. The monoisotopic (exact) mass is 551 g/mol. The SMILES string of the molecule is CC(=O)OC[C@H]1O[C@@H](Oc2cc(CO)ccc2NC(=O)[C@H](C)CC(=O)OC(C)(C)C)[C@H](C)[C@@H](C)[C@@H]1OC(C)=O. The molecule has 0 spiro atoms. The maximum absolute atomic E-state index is 12.9. The number of amides is 1. The predicted molar refractivity (Wildman–Crippen MR) is 140 cm³/mol. The van der Waals surface area contributed by atoms with Crippen LogP contribution in [0.2, 0.25) is 0 Å². The second kappa shape index (κ2) is 13.7. The van der Waals surface area contributed by atoms with E-state index >= 15 is 0 Å². The van der Waals surface area contributed by atoms with Gasteiger partial charge in [0.1, 0.15) is 30.2 Å². The fourth-order valence-electron chi connectivity index (χ4n) is 4.08. The number of benzene rings is 1. The van der Waals surface area contributed by atoms with E-state index in [2.05, 4.69) is 5.32 Å². The Labute approximate surface area is 229 Å². The van der Waals surface area contributed by atoms with Gasteiger partial charge in [0.15, 0.2) is 0 Å². The van der Waals surface area contributed by atoms with Gasteiger partial charge >= 0.3 is 17.9 Å². The van der Waals surface area contributed by atoms with Crippen molar-refractivity contribution in [2.45, 2.75) is 92.5 Å². The summed E-state index contributed by atoms with van der Waals surface area (Å²) in [7, 11) is 0. The lowest BCUT2D eigenvalue weighted by atomic mass is 9.84. The Hall–Kier alpha value is -3.18. The van der Waals surface area contributed by atoms with E-state index in [1.807, 2.05) is 13.8 Å². The number of nitrogens with one attached hydrogen (secondary N) is 1. The molecule has 1 aliphatic heterocycles. The highest BCUT2D eigenvalue weighted by Crippen LogP contribution is 2.37. The molecule has 11 heteroatoms. The summed E-state index contributed by atoms with van der Waals surface area (Å²) in [5, 5.41) is 12.5. The molecule has 1 aliphatic rings. The minimum atomic E-state index is -0.865. The summed E-state index contributed by atoms with van der Waals surface area (Å²) in [4.78, 5) is 48.3. The molecule has 2 N–H and O–H groups in total. The van der Waals surface area contributed by atoms with Crippen molar-refractivity contribution in [3.63, 3.8) is 0 Å². The molecule has 218 valence electrons. The summed E-state index contributed by atoms with van der Waals surface area (Å²) in [6.45, 7) is 12.8. The molecule has 1 aromatic carbocycles. The van der Waals surface area contributed by atoms with Crippen LogP contribution in [0.15, 0.2) is 18.2 Å². The van der Waals surface area contributed by atoms with Gasteiger partial charge in [0, 0.05) is 31.6 Å². The van der Waals surface area contributed by atoms with Crippen molar-refractivity contribution in [3.8, 4) is 5.75 Å². The van der Waals surface area contributed by atoms with Gasteiger partial charge in [-0.15, -0.1) is 0 Å². The Morgan fingerprint density at radius 1 is 1.08 bits per heavy atom. The number of anilines is 1.